The summed E-state index contributed by atoms with van der Waals surface area (Å²) in [5, 5.41) is -0.278. The number of benzene rings is 2. The van der Waals surface area contributed by atoms with Crippen LogP contribution in [0.4, 0.5) is 5.69 Å². The van der Waals surface area contributed by atoms with Crippen LogP contribution in [0.3, 0.4) is 0 Å². The lowest BCUT2D eigenvalue weighted by Crippen LogP contribution is -2.32. The Bertz CT molecular complexity index is 1500. The van der Waals surface area contributed by atoms with E-state index in [9.17, 15) is 24.0 Å². The van der Waals surface area contributed by atoms with Crippen LogP contribution in [0.15, 0.2) is 58.4 Å². The zero-order chi connectivity index (χ0) is 27.7. The van der Waals surface area contributed by atoms with Crippen LogP contribution in [0.25, 0.3) is 0 Å². The van der Waals surface area contributed by atoms with E-state index in [-0.39, 0.29) is 24.7 Å². The number of H-pyrrole nitrogens is 1. The van der Waals surface area contributed by atoms with Crippen LogP contribution in [-0.4, -0.2) is 53.8 Å². The first-order chi connectivity index (χ1) is 18.8. The number of nitrogens with one attached hydrogen (secondary N) is 1. The fraction of sp³-hybridized carbons (Fsp3) is 0.296. The van der Waals surface area contributed by atoms with Crippen molar-refractivity contribution >= 4 is 52.5 Å². The number of anilines is 1. The van der Waals surface area contributed by atoms with Crippen molar-refractivity contribution in [2.75, 3.05) is 24.7 Å². The largest absolute Gasteiger partial charge is 0.482 e. The molecule has 3 atom stereocenters. The molecule has 1 saturated heterocycles. The molecule has 1 fully saturated rings. The predicted octanol–water partition coefficient (Wildman–Crippen LogP) is 3.35. The van der Waals surface area contributed by atoms with E-state index in [2.05, 4.69) is 4.98 Å². The minimum Gasteiger partial charge on any atom is -0.482 e. The highest BCUT2D eigenvalue weighted by Gasteiger charge is 2.56. The summed E-state index contributed by atoms with van der Waals surface area (Å²) in [5.41, 5.74) is 1.21. The number of hydrogen-bond donors (Lipinski definition) is 1. The lowest BCUT2D eigenvalue weighted by Gasteiger charge is -2.30. The molecule has 0 saturated carbocycles. The average Bonchev–Trinajstić information content (AvgIpc) is 3.42. The van der Waals surface area contributed by atoms with Gasteiger partial charge in [0.1, 0.15) is 11.0 Å². The normalized spacial score (nSPS) is 19.8. The van der Waals surface area contributed by atoms with Gasteiger partial charge in [-0.15, -0.1) is 0 Å². The Balaban J connectivity index is 1.53. The average molecular weight is 569 g/mol. The number of fused-ring (bicyclic) bond motifs is 2. The molecule has 202 valence electrons. The Hall–Kier alpha value is -3.90. The Labute approximate surface area is 231 Å². The van der Waals surface area contributed by atoms with Crippen LogP contribution < -0.4 is 14.5 Å². The van der Waals surface area contributed by atoms with E-state index >= 15 is 0 Å². The summed E-state index contributed by atoms with van der Waals surface area (Å²) in [7, 11) is 0. The number of carbonyl (C=O) groups excluding carboxylic acids is 4. The summed E-state index contributed by atoms with van der Waals surface area (Å²) in [6.07, 6.45) is 0. The SMILES string of the molecule is CCOC(=O)COc1ccccc1C1c2sc(=O)[nH]c2SC2C(=O)N(c3ccc(C(=O)OCC)cc3)C(=O)C21. The zero-order valence-electron chi connectivity index (χ0n) is 21.0. The Morgan fingerprint density at radius 1 is 0.949 bits per heavy atom. The van der Waals surface area contributed by atoms with Crippen molar-refractivity contribution in [3.05, 3.63) is 74.2 Å². The van der Waals surface area contributed by atoms with E-state index in [1.165, 1.54) is 24.3 Å². The lowest BCUT2D eigenvalue weighted by molar-refractivity contribution is -0.145. The molecule has 0 aliphatic carbocycles. The molecule has 3 unspecified atom stereocenters. The summed E-state index contributed by atoms with van der Waals surface area (Å²) in [6.45, 7) is 3.50. The van der Waals surface area contributed by atoms with Gasteiger partial charge in [-0.3, -0.25) is 14.4 Å². The van der Waals surface area contributed by atoms with Crippen molar-refractivity contribution in [1.82, 2.24) is 4.98 Å². The number of thiazole rings is 1. The number of aromatic amines is 1. The number of hydrogen-bond acceptors (Lipinski definition) is 10. The topological polar surface area (TPSA) is 132 Å². The first-order valence-electron chi connectivity index (χ1n) is 12.3. The molecule has 0 radical (unpaired) electrons. The maximum Gasteiger partial charge on any atom is 0.344 e. The van der Waals surface area contributed by atoms with Gasteiger partial charge >= 0.3 is 16.8 Å². The summed E-state index contributed by atoms with van der Waals surface area (Å²) < 4.78 is 15.8. The molecular formula is C27H24N2O8S2. The van der Waals surface area contributed by atoms with Crippen LogP contribution in [0.1, 0.15) is 40.6 Å². The number of imide groups is 1. The number of amides is 2. The Morgan fingerprint density at radius 3 is 2.38 bits per heavy atom. The first kappa shape index (κ1) is 26.7. The Morgan fingerprint density at radius 2 is 1.67 bits per heavy atom. The second-order valence-electron chi connectivity index (χ2n) is 8.66. The maximum absolute atomic E-state index is 13.9. The van der Waals surface area contributed by atoms with Gasteiger partial charge in [-0.25, -0.2) is 14.5 Å². The highest BCUT2D eigenvalue weighted by Crippen LogP contribution is 2.54. The molecule has 12 heteroatoms. The predicted molar refractivity (Wildman–Crippen MR) is 143 cm³/mol. The summed E-state index contributed by atoms with van der Waals surface area (Å²) >= 11 is 2.14. The molecule has 0 spiro atoms. The molecule has 5 rings (SSSR count). The minimum atomic E-state index is -0.835. The van der Waals surface area contributed by atoms with Gasteiger partial charge in [0.2, 0.25) is 11.8 Å². The first-order valence-corrected chi connectivity index (χ1v) is 14.0. The smallest absolute Gasteiger partial charge is 0.344 e. The molecule has 3 aromatic rings. The minimum absolute atomic E-state index is 0.210. The summed E-state index contributed by atoms with van der Waals surface area (Å²) in [6, 6.07) is 13.0. The Kier molecular flexibility index (Phi) is 7.58. The molecule has 2 aliphatic rings. The molecule has 2 aliphatic heterocycles. The van der Waals surface area contributed by atoms with Crippen molar-refractivity contribution in [3.8, 4) is 5.75 Å². The lowest BCUT2D eigenvalue weighted by atomic mass is 9.82. The van der Waals surface area contributed by atoms with Gasteiger partial charge in [0.05, 0.1) is 35.4 Å². The van der Waals surface area contributed by atoms with Crippen LogP contribution in [0, 0.1) is 5.92 Å². The van der Waals surface area contributed by atoms with Crippen molar-refractivity contribution in [1.29, 1.82) is 0 Å². The number of ether oxygens (including phenoxy) is 3. The third-order valence-corrected chi connectivity index (χ3v) is 8.77. The highest BCUT2D eigenvalue weighted by atomic mass is 32.2. The molecule has 39 heavy (non-hydrogen) atoms. The van der Waals surface area contributed by atoms with E-state index in [1.54, 1.807) is 38.1 Å². The van der Waals surface area contributed by atoms with Gasteiger partial charge in [0.15, 0.2) is 6.61 Å². The van der Waals surface area contributed by atoms with E-state index in [0.717, 1.165) is 28.0 Å². The number of nitrogens with zero attached hydrogens (tertiary/aromatic N) is 1. The maximum atomic E-state index is 13.9. The zero-order valence-corrected chi connectivity index (χ0v) is 22.6. The van der Waals surface area contributed by atoms with E-state index < -0.39 is 40.8 Å². The molecule has 1 N–H and O–H groups in total. The number of esters is 2. The molecule has 3 heterocycles. The summed E-state index contributed by atoms with van der Waals surface area (Å²) in [5.74, 6) is -3.05. The number of carbonyl (C=O) groups is 4. The third kappa shape index (κ3) is 4.97. The fourth-order valence-electron chi connectivity index (χ4n) is 4.78. The molecule has 1 aromatic heterocycles. The van der Waals surface area contributed by atoms with Crippen molar-refractivity contribution in [2.24, 2.45) is 5.92 Å². The van der Waals surface area contributed by atoms with E-state index in [4.69, 9.17) is 14.2 Å². The number of aromatic nitrogens is 1. The number of rotatable bonds is 8. The van der Waals surface area contributed by atoms with Crippen molar-refractivity contribution in [2.45, 2.75) is 30.0 Å². The molecule has 2 aromatic carbocycles. The van der Waals surface area contributed by atoms with Gasteiger partial charge in [-0.2, -0.15) is 0 Å². The third-order valence-electron chi connectivity index (χ3n) is 6.37. The summed E-state index contributed by atoms with van der Waals surface area (Å²) in [4.78, 5) is 68.2. The van der Waals surface area contributed by atoms with Crippen molar-refractivity contribution < 1.29 is 33.4 Å². The standard InChI is InChI=1S/C27H24N2O8S2/c1-3-35-18(30)13-37-17-8-6-5-7-16(17)19-20-22(38-23-21(19)39-27(34)28-23)25(32)29(24(20)31)15-11-9-14(10-12-15)26(33)36-4-2/h5-12,19-20,22H,3-4,13H2,1-2H3,(H,28,34). The van der Waals surface area contributed by atoms with E-state index in [0.29, 0.717) is 32.5 Å². The molecule has 2 amide bonds. The van der Waals surface area contributed by atoms with Crippen LogP contribution in [-0.2, 0) is 23.9 Å². The molecule has 10 nitrogen and oxygen atoms in total. The van der Waals surface area contributed by atoms with Crippen LogP contribution in [0.2, 0.25) is 0 Å². The second-order valence-corrected chi connectivity index (χ2v) is 10.8. The number of para-hydroxylation sites is 1. The molecular weight excluding hydrogens is 544 g/mol. The van der Waals surface area contributed by atoms with Crippen LogP contribution in [0.5, 0.6) is 5.75 Å². The fourth-order valence-corrected chi connectivity index (χ4v) is 7.28. The second kappa shape index (κ2) is 11.1. The van der Waals surface area contributed by atoms with Gasteiger partial charge in [-0.1, -0.05) is 41.3 Å². The molecule has 0 bridgehead atoms. The number of thioether (sulfide) groups is 1. The van der Waals surface area contributed by atoms with Crippen LogP contribution >= 0.6 is 23.1 Å². The quantitative estimate of drug-likeness (QED) is 0.321. The van der Waals surface area contributed by atoms with E-state index in [1.807, 2.05) is 0 Å². The monoisotopic (exact) mass is 568 g/mol. The highest BCUT2D eigenvalue weighted by molar-refractivity contribution is 8.00. The van der Waals surface area contributed by atoms with Gasteiger partial charge in [-0.05, 0) is 44.2 Å². The van der Waals surface area contributed by atoms with Gasteiger partial charge < -0.3 is 19.2 Å². The van der Waals surface area contributed by atoms with Gasteiger partial charge in [0.25, 0.3) is 0 Å². The van der Waals surface area contributed by atoms with Crippen molar-refractivity contribution in [3.63, 3.8) is 0 Å². The van der Waals surface area contributed by atoms with Gasteiger partial charge in [0, 0.05) is 16.4 Å².